The Labute approximate surface area is 166 Å². The number of rotatable bonds is 8. The minimum Gasteiger partial charge on any atom is -0.380 e. The summed E-state index contributed by atoms with van der Waals surface area (Å²) in [6.45, 7) is 20.6. The van der Waals surface area contributed by atoms with Gasteiger partial charge in [0.05, 0.1) is 0 Å². The van der Waals surface area contributed by atoms with E-state index < -0.39 is 0 Å². The second-order valence-electron chi connectivity index (χ2n) is 8.09. The fraction of sp³-hybridized carbons (Fsp3) is 0.385. The van der Waals surface area contributed by atoms with E-state index >= 15 is 0 Å². The van der Waals surface area contributed by atoms with Crippen LogP contribution in [0.5, 0.6) is 0 Å². The van der Waals surface area contributed by atoms with Crippen molar-refractivity contribution in [2.24, 2.45) is 23.7 Å². The van der Waals surface area contributed by atoms with Crippen LogP contribution in [-0.4, -0.2) is 6.54 Å². The topological polar surface area (TPSA) is 12.0 Å². The van der Waals surface area contributed by atoms with E-state index in [1.54, 1.807) is 0 Å². The van der Waals surface area contributed by atoms with Crippen LogP contribution in [-0.2, 0) is 0 Å². The molecule has 1 aliphatic carbocycles. The van der Waals surface area contributed by atoms with Gasteiger partial charge in [-0.15, -0.1) is 0 Å². The summed E-state index contributed by atoms with van der Waals surface area (Å²) in [5, 5.41) is 3.56. The van der Waals surface area contributed by atoms with Crippen molar-refractivity contribution in [3.05, 3.63) is 84.5 Å². The molecule has 0 heterocycles. The zero-order valence-corrected chi connectivity index (χ0v) is 17.6. The average molecular weight is 362 g/mol. The van der Waals surface area contributed by atoms with Gasteiger partial charge in [0.1, 0.15) is 0 Å². The Bertz CT molecular complexity index is 758. The Balaban J connectivity index is 2.36. The van der Waals surface area contributed by atoms with Crippen molar-refractivity contribution in [1.29, 1.82) is 0 Å². The summed E-state index contributed by atoms with van der Waals surface area (Å²) in [6.07, 6.45) is 11.0. The van der Waals surface area contributed by atoms with E-state index in [-0.39, 0.29) is 0 Å². The summed E-state index contributed by atoms with van der Waals surface area (Å²) in [4.78, 5) is 0. The first-order valence-corrected chi connectivity index (χ1v) is 10.1. The molecular formula is C26H35N. The number of allylic oxidation sites excluding steroid dienone is 6. The van der Waals surface area contributed by atoms with Crippen LogP contribution < -0.4 is 5.32 Å². The molecule has 1 aliphatic rings. The predicted octanol–water partition coefficient (Wildman–Crippen LogP) is 7.28. The van der Waals surface area contributed by atoms with Gasteiger partial charge in [-0.3, -0.25) is 0 Å². The second kappa shape index (κ2) is 9.60. The zero-order valence-electron chi connectivity index (χ0n) is 17.6. The normalized spacial score (nSPS) is 19.6. The molecule has 2 rings (SSSR count). The van der Waals surface area contributed by atoms with Gasteiger partial charge in [0.25, 0.3) is 0 Å². The lowest BCUT2D eigenvalue weighted by Gasteiger charge is -2.36. The van der Waals surface area contributed by atoms with E-state index in [9.17, 15) is 0 Å². The zero-order chi connectivity index (χ0) is 20.0. The Hall–Kier alpha value is -2.28. The van der Waals surface area contributed by atoms with Crippen LogP contribution >= 0.6 is 0 Å². The first kappa shape index (κ1) is 21.0. The molecule has 0 fully saturated rings. The molecule has 1 aromatic carbocycles. The summed E-state index contributed by atoms with van der Waals surface area (Å²) >= 11 is 0. The molecule has 1 heteroatoms. The number of hydrogen-bond acceptors (Lipinski definition) is 1. The van der Waals surface area contributed by atoms with Gasteiger partial charge >= 0.3 is 0 Å². The summed E-state index contributed by atoms with van der Waals surface area (Å²) in [5.74, 6) is 1.90. The SMILES string of the molecule is C=C(/C=C\C)CNc1ccccc1C(=C)C1C(C(C)C)=CC=CC1C(C)C. The number of hydrogen-bond donors (Lipinski definition) is 1. The predicted molar refractivity (Wildman–Crippen MR) is 122 cm³/mol. The lowest BCUT2D eigenvalue weighted by Crippen LogP contribution is -2.26. The number of benzene rings is 1. The van der Waals surface area contributed by atoms with Crippen molar-refractivity contribution in [3.63, 3.8) is 0 Å². The van der Waals surface area contributed by atoms with E-state index in [4.69, 9.17) is 0 Å². The average Bonchev–Trinajstić information content (AvgIpc) is 2.65. The van der Waals surface area contributed by atoms with E-state index in [0.717, 1.165) is 17.8 Å². The summed E-state index contributed by atoms with van der Waals surface area (Å²) in [6, 6.07) is 8.52. The van der Waals surface area contributed by atoms with Gasteiger partial charge in [-0.2, -0.15) is 0 Å². The van der Waals surface area contributed by atoms with Gasteiger partial charge in [-0.1, -0.05) is 95.0 Å². The molecule has 144 valence electrons. The Morgan fingerprint density at radius 3 is 2.48 bits per heavy atom. The summed E-state index contributed by atoms with van der Waals surface area (Å²) in [7, 11) is 0. The van der Waals surface area contributed by atoms with Gasteiger partial charge in [0.2, 0.25) is 0 Å². The highest BCUT2D eigenvalue weighted by Gasteiger charge is 2.32. The van der Waals surface area contributed by atoms with Crippen LogP contribution in [0.1, 0.15) is 40.2 Å². The van der Waals surface area contributed by atoms with Gasteiger partial charge < -0.3 is 5.32 Å². The van der Waals surface area contributed by atoms with Gasteiger partial charge in [-0.05, 0) is 41.9 Å². The van der Waals surface area contributed by atoms with Crippen molar-refractivity contribution in [2.45, 2.75) is 34.6 Å². The molecule has 0 saturated heterocycles. The standard InChI is InChI=1S/C26H35N/c1-8-12-20(6)17-27-25-16-10-9-13-24(25)21(7)26-22(18(2)3)14-11-15-23(26)19(4)5/h8-16,18-19,22,26-27H,6-7,17H2,1-5H3/b12-8-. The van der Waals surface area contributed by atoms with E-state index in [0.29, 0.717) is 23.7 Å². The van der Waals surface area contributed by atoms with Crippen molar-refractivity contribution < 1.29 is 0 Å². The highest BCUT2D eigenvalue weighted by atomic mass is 14.9. The molecule has 0 bridgehead atoms. The Morgan fingerprint density at radius 2 is 1.85 bits per heavy atom. The lowest BCUT2D eigenvalue weighted by molar-refractivity contribution is 0.385. The maximum absolute atomic E-state index is 4.59. The molecule has 27 heavy (non-hydrogen) atoms. The molecular weight excluding hydrogens is 326 g/mol. The van der Waals surface area contributed by atoms with Crippen molar-refractivity contribution >= 4 is 11.3 Å². The molecule has 0 spiro atoms. The second-order valence-corrected chi connectivity index (χ2v) is 8.09. The molecule has 0 amide bonds. The quantitative estimate of drug-likeness (QED) is 0.479. The molecule has 2 unspecified atom stereocenters. The third kappa shape index (κ3) is 5.13. The van der Waals surface area contributed by atoms with Crippen LogP contribution in [0, 0.1) is 23.7 Å². The summed E-state index contributed by atoms with van der Waals surface area (Å²) in [5.41, 5.74) is 6.10. The fourth-order valence-electron chi connectivity index (χ4n) is 3.91. The van der Waals surface area contributed by atoms with E-state index in [1.807, 2.05) is 19.1 Å². The monoisotopic (exact) mass is 361 g/mol. The molecule has 1 nitrogen and oxygen atoms in total. The van der Waals surface area contributed by atoms with Crippen LogP contribution in [0.25, 0.3) is 5.57 Å². The molecule has 1 N–H and O–H groups in total. The Morgan fingerprint density at radius 1 is 1.15 bits per heavy atom. The van der Waals surface area contributed by atoms with Crippen molar-refractivity contribution in [3.8, 4) is 0 Å². The first-order valence-electron chi connectivity index (χ1n) is 10.1. The largest absolute Gasteiger partial charge is 0.380 e. The minimum atomic E-state index is 0.344. The van der Waals surface area contributed by atoms with Crippen molar-refractivity contribution in [2.75, 3.05) is 11.9 Å². The molecule has 0 aliphatic heterocycles. The maximum Gasteiger partial charge on any atom is 0.0419 e. The first-order chi connectivity index (χ1) is 12.9. The lowest BCUT2D eigenvalue weighted by atomic mass is 9.68. The number of para-hydroxylation sites is 1. The number of nitrogens with one attached hydrogen (secondary N) is 1. The molecule has 0 saturated carbocycles. The maximum atomic E-state index is 4.59. The molecule has 0 aromatic heterocycles. The molecule has 1 aromatic rings. The van der Waals surface area contributed by atoms with Gasteiger partial charge in [0, 0.05) is 23.7 Å². The van der Waals surface area contributed by atoms with Crippen LogP contribution in [0.2, 0.25) is 0 Å². The third-order valence-electron chi connectivity index (χ3n) is 5.36. The van der Waals surface area contributed by atoms with E-state index in [1.165, 1.54) is 16.7 Å². The molecule has 0 radical (unpaired) electrons. The van der Waals surface area contributed by atoms with Crippen LogP contribution in [0.3, 0.4) is 0 Å². The van der Waals surface area contributed by atoms with Gasteiger partial charge in [0.15, 0.2) is 0 Å². The van der Waals surface area contributed by atoms with Crippen LogP contribution in [0.4, 0.5) is 5.69 Å². The van der Waals surface area contributed by atoms with Gasteiger partial charge in [-0.25, -0.2) is 0 Å². The summed E-state index contributed by atoms with van der Waals surface area (Å²) < 4.78 is 0. The molecule has 2 atom stereocenters. The highest BCUT2D eigenvalue weighted by molar-refractivity contribution is 5.78. The van der Waals surface area contributed by atoms with Crippen molar-refractivity contribution in [1.82, 2.24) is 0 Å². The highest BCUT2D eigenvalue weighted by Crippen LogP contribution is 2.44. The van der Waals surface area contributed by atoms with Crippen LogP contribution in [0.15, 0.2) is 78.9 Å². The third-order valence-corrected chi connectivity index (χ3v) is 5.36. The minimum absolute atomic E-state index is 0.344. The van der Waals surface area contributed by atoms with E-state index in [2.05, 4.69) is 88.7 Å². The smallest absolute Gasteiger partial charge is 0.0419 e. The number of anilines is 1. The fourth-order valence-corrected chi connectivity index (χ4v) is 3.91. The Kier molecular flexibility index (Phi) is 7.47.